The molecule has 0 saturated heterocycles. The summed E-state index contributed by atoms with van der Waals surface area (Å²) < 4.78 is 5.39. The highest BCUT2D eigenvalue weighted by molar-refractivity contribution is 6.02. The molecule has 2 N–H and O–H groups in total. The monoisotopic (exact) mass is 362 g/mol. The molecule has 3 rings (SSSR count). The quantitative estimate of drug-likeness (QED) is 0.676. The zero-order chi connectivity index (χ0) is 19.2. The van der Waals surface area contributed by atoms with Crippen molar-refractivity contribution in [3.05, 3.63) is 71.7 Å². The number of benzene rings is 2. The van der Waals surface area contributed by atoms with Crippen LogP contribution in [0.15, 0.2) is 54.9 Å². The van der Waals surface area contributed by atoms with E-state index in [2.05, 4.69) is 20.6 Å². The number of amides is 1. The Bertz CT molecular complexity index is 902. The summed E-state index contributed by atoms with van der Waals surface area (Å²) in [7, 11) is 0. The average molecular weight is 362 g/mol. The van der Waals surface area contributed by atoms with Gasteiger partial charge in [0.15, 0.2) is 0 Å². The average Bonchev–Trinajstić information content (AvgIpc) is 2.67. The van der Waals surface area contributed by atoms with Gasteiger partial charge in [0, 0.05) is 11.4 Å². The fraction of sp³-hybridized carbons (Fsp3) is 0.190. The molecule has 27 heavy (non-hydrogen) atoms. The van der Waals surface area contributed by atoms with Crippen molar-refractivity contribution in [2.75, 3.05) is 17.2 Å². The second-order valence-corrected chi connectivity index (χ2v) is 6.09. The predicted molar refractivity (Wildman–Crippen MR) is 107 cm³/mol. The van der Waals surface area contributed by atoms with Crippen LogP contribution in [0.4, 0.5) is 17.2 Å². The lowest BCUT2D eigenvalue weighted by atomic mass is 10.1. The molecule has 2 aromatic carbocycles. The van der Waals surface area contributed by atoms with E-state index < -0.39 is 0 Å². The van der Waals surface area contributed by atoms with Crippen LogP contribution in [0.1, 0.15) is 28.5 Å². The summed E-state index contributed by atoms with van der Waals surface area (Å²) in [5, 5.41) is 6.05. The summed E-state index contributed by atoms with van der Waals surface area (Å²) in [6.07, 6.45) is 3.01. The number of hydrogen-bond donors (Lipinski definition) is 2. The molecule has 0 saturated carbocycles. The summed E-state index contributed by atoms with van der Waals surface area (Å²) in [4.78, 5) is 20.9. The Morgan fingerprint density at radius 3 is 2.30 bits per heavy atom. The fourth-order valence-electron chi connectivity index (χ4n) is 2.65. The molecule has 3 aromatic rings. The number of nitrogens with zero attached hydrogens (tertiary/aromatic N) is 2. The Kier molecular flexibility index (Phi) is 5.66. The predicted octanol–water partition coefficient (Wildman–Crippen LogP) is 4.49. The van der Waals surface area contributed by atoms with Gasteiger partial charge in [-0.15, -0.1) is 0 Å². The zero-order valence-corrected chi connectivity index (χ0v) is 15.6. The van der Waals surface area contributed by atoms with Gasteiger partial charge in [0.25, 0.3) is 5.91 Å². The maximum atomic E-state index is 12.3. The van der Waals surface area contributed by atoms with Crippen molar-refractivity contribution in [2.24, 2.45) is 0 Å². The van der Waals surface area contributed by atoms with Crippen molar-refractivity contribution >= 4 is 23.1 Å². The van der Waals surface area contributed by atoms with Crippen LogP contribution in [0, 0.1) is 13.8 Å². The molecule has 0 unspecified atom stereocenters. The normalized spacial score (nSPS) is 10.3. The van der Waals surface area contributed by atoms with E-state index in [4.69, 9.17) is 4.74 Å². The molecule has 1 heterocycles. The third-order valence-electron chi connectivity index (χ3n) is 4.04. The lowest BCUT2D eigenvalue weighted by Gasteiger charge is -2.12. The van der Waals surface area contributed by atoms with Crippen molar-refractivity contribution in [3.63, 3.8) is 0 Å². The first-order valence-electron chi connectivity index (χ1n) is 8.76. The van der Waals surface area contributed by atoms with Crippen LogP contribution in [0.5, 0.6) is 5.75 Å². The first-order chi connectivity index (χ1) is 13.1. The van der Waals surface area contributed by atoms with E-state index in [0.29, 0.717) is 18.1 Å². The molecule has 6 heteroatoms. The van der Waals surface area contributed by atoms with Crippen molar-refractivity contribution < 1.29 is 9.53 Å². The highest BCUT2D eigenvalue weighted by atomic mass is 16.5. The summed E-state index contributed by atoms with van der Waals surface area (Å²) in [6.45, 7) is 6.58. The lowest BCUT2D eigenvalue weighted by molar-refractivity contribution is 0.102. The van der Waals surface area contributed by atoms with Gasteiger partial charge in [-0.1, -0.05) is 18.2 Å². The van der Waals surface area contributed by atoms with E-state index in [0.717, 1.165) is 22.6 Å². The number of rotatable bonds is 6. The van der Waals surface area contributed by atoms with E-state index >= 15 is 0 Å². The number of carbonyl (C=O) groups excluding carboxylic acids is 1. The van der Waals surface area contributed by atoms with Gasteiger partial charge in [0.1, 0.15) is 17.3 Å². The molecule has 0 bridgehead atoms. The van der Waals surface area contributed by atoms with Gasteiger partial charge in [-0.25, -0.2) is 9.97 Å². The topological polar surface area (TPSA) is 76.1 Å². The van der Waals surface area contributed by atoms with E-state index in [9.17, 15) is 4.79 Å². The highest BCUT2D eigenvalue weighted by Crippen LogP contribution is 2.23. The molecule has 0 aliphatic heterocycles. The molecule has 0 aliphatic rings. The van der Waals surface area contributed by atoms with Crippen molar-refractivity contribution in [1.29, 1.82) is 0 Å². The number of carbonyl (C=O) groups is 1. The van der Waals surface area contributed by atoms with Gasteiger partial charge in [0.05, 0.1) is 19.0 Å². The van der Waals surface area contributed by atoms with Gasteiger partial charge in [-0.3, -0.25) is 4.79 Å². The van der Waals surface area contributed by atoms with E-state index in [-0.39, 0.29) is 11.6 Å². The molecule has 138 valence electrons. The standard InChI is InChI=1S/C21H22N4O2/c1-4-27-17-10-8-16(9-11-17)24-21(26)18-12-23-19(13-22-18)25-20-14(2)6-5-7-15(20)3/h5-13H,4H2,1-3H3,(H,23,25)(H,24,26). The van der Waals surface area contributed by atoms with Crippen LogP contribution in [-0.4, -0.2) is 22.5 Å². The van der Waals surface area contributed by atoms with E-state index in [1.807, 2.05) is 51.1 Å². The minimum Gasteiger partial charge on any atom is -0.494 e. The number of aromatic nitrogens is 2. The molecule has 0 spiro atoms. The third kappa shape index (κ3) is 4.61. The maximum absolute atomic E-state index is 12.3. The summed E-state index contributed by atoms with van der Waals surface area (Å²) in [5.41, 5.74) is 4.15. The molecule has 1 aromatic heterocycles. The lowest BCUT2D eigenvalue weighted by Crippen LogP contribution is -2.14. The number of nitrogens with one attached hydrogen (secondary N) is 2. The Labute approximate surface area is 158 Å². The zero-order valence-electron chi connectivity index (χ0n) is 15.6. The third-order valence-corrected chi connectivity index (χ3v) is 4.04. The Morgan fingerprint density at radius 1 is 1.00 bits per heavy atom. The van der Waals surface area contributed by atoms with Crippen molar-refractivity contribution in [2.45, 2.75) is 20.8 Å². The molecule has 0 fully saturated rings. The van der Waals surface area contributed by atoms with Gasteiger partial charge in [0.2, 0.25) is 0 Å². The van der Waals surface area contributed by atoms with E-state index in [1.165, 1.54) is 6.20 Å². The number of para-hydroxylation sites is 1. The Morgan fingerprint density at radius 2 is 1.70 bits per heavy atom. The smallest absolute Gasteiger partial charge is 0.275 e. The second kappa shape index (κ2) is 8.31. The fourth-order valence-corrected chi connectivity index (χ4v) is 2.65. The first kappa shape index (κ1) is 18.4. The number of hydrogen-bond acceptors (Lipinski definition) is 5. The molecule has 0 aliphatic carbocycles. The van der Waals surface area contributed by atoms with Crippen LogP contribution in [0.2, 0.25) is 0 Å². The van der Waals surface area contributed by atoms with E-state index in [1.54, 1.807) is 18.3 Å². The molecule has 6 nitrogen and oxygen atoms in total. The van der Waals surface area contributed by atoms with Gasteiger partial charge < -0.3 is 15.4 Å². The molecule has 1 amide bonds. The second-order valence-electron chi connectivity index (χ2n) is 6.09. The first-order valence-corrected chi connectivity index (χ1v) is 8.76. The number of ether oxygens (including phenoxy) is 1. The Hall–Kier alpha value is -3.41. The molecular formula is C21H22N4O2. The highest BCUT2D eigenvalue weighted by Gasteiger charge is 2.10. The minimum atomic E-state index is -0.315. The van der Waals surface area contributed by atoms with Crippen LogP contribution in [0.3, 0.4) is 0 Å². The number of aryl methyl sites for hydroxylation is 2. The van der Waals surface area contributed by atoms with Crippen molar-refractivity contribution in [3.8, 4) is 5.75 Å². The van der Waals surface area contributed by atoms with Gasteiger partial charge in [-0.2, -0.15) is 0 Å². The minimum absolute atomic E-state index is 0.246. The molecular weight excluding hydrogens is 340 g/mol. The molecule has 0 radical (unpaired) electrons. The summed E-state index contributed by atoms with van der Waals surface area (Å²) in [6, 6.07) is 13.3. The van der Waals surface area contributed by atoms with Crippen LogP contribution < -0.4 is 15.4 Å². The summed E-state index contributed by atoms with van der Waals surface area (Å²) >= 11 is 0. The number of anilines is 3. The SMILES string of the molecule is CCOc1ccc(NC(=O)c2cnc(Nc3c(C)cccc3C)cn2)cc1. The van der Waals surface area contributed by atoms with Crippen LogP contribution in [-0.2, 0) is 0 Å². The molecule has 0 atom stereocenters. The largest absolute Gasteiger partial charge is 0.494 e. The maximum Gasteiger partial charge on any atom is 0.275 e. The van der Waals surface area contributed by atoms with Gasteiger partial charge >= 0.3 is 0 Å². The summed E-state index contributed by atoms with van der Waals surface area (Å²) in [5.74, 6) is 1.03. The van der Waals surface area contributed by atoms with Crippen molar-refractivity contribution in [1.82, 2.24) is 9.97 Å². The van der Waals surface area contributed by atoms with Gasteiger partial charge in [-0.05, 0) is 56.2 Å². The van der Waals surface area contributed by atoms with Crippen LogP contribution in [0.25, 0.3) is 0 Å². The Balaban J connectivity index is 1.66. The van der Waals surface area contributed by atoms with Crippen LogP contribution >= 0.6 is 0 Å².